The SMILES string of the molecule is CCOC(=O)C(F)=Cc1cccc(C=CC2=C(C)CCCC2(C)C)c1. The molecular formula is C22H27FO2. The summed E-state index contributed by atoms with van der Waals surface area (Å²) < 4.78 is 18.5. The number of allylic oxidation sites excluding steroid dienone is 3. The molecule has 2 rings (SSSR count). The van der Waals surface area contributed by atoms with Crippen molar-refractivity contribution in [2.45, 2.75) is 47.0 Å². The van der Waals surface area contributed by atoms with Crippen LogP contribution in [0.3, 0.4) is 0 Å². The van der Waals surface area contributed by atoms with E-state index >= 15 is 0 Å². The minimum atomic E-state index is -0.923. The highest BCUT2D eigenvalue weighted by Crippen LogP contribution is 2.40. The van der Waals surface area contributed by atoms with Crippen molar-refractivity contribution in [3.05, 3.63) is 58.4 Å². The monoisotopic (exact) mass is 342 g/mol. The molecule has 0 saturated heterocycles. The summed E-state index contributed by atoms with van der Waals surface area (Å²) in [6, 6.07) is 7.46. The highest BCUT2D eigenvalue weighted by molar-refractivity contribution is 5.91. The van der Waals surface area contributed by atoms with Gasteiger partial charge in [-0.3, -0.25) is 0 Å². The van der Waals surface area contributed by atoms with Crippen LogP contribution in [0.15, 0.2) is 47.3 Å². The molecule has 0 saturated carbocycles. The lowest BCUT2D eigenvalue weighted by molar-refractivity contribution is -0.140. The maximum atomic E-state index is 13.8. The van der Waals surface area contributed by atoms with Gasteiger partial charge in [0.25, 0.3) is 0 Å². The molecule has 3 heteroatoms. The first-order valence-electron chi connectivity index (χ1n) is 8.86. The fourth-order valence-electron chi connectivity index (χ4n) is 3.35. The van der Waals surface area contributed by atoms with Crippen LogP contribution in [0.25, 0.3) is 12.2 Å². The van der Waals surface area contributed by atoms with Gasteiger partial charge in [0.05, 0.1) is 6.61 Å². The summed E-state index contributed by atoms with van der Waals surface area (Å²) in [7, 11) is 0. The number of hydrogen-bond acceptors (Lipinski definition) is 2. The van der Waals surface area contributed by atoms with Gasteiger partial charge in [-0.15, -0.1) is 0 Å². The van der Waals surface area contributed by atoms with Crippen molar-refractivity contribution in [2.24, 2.45) is 5.41 Å². The maximum absolute atomic E-state index is 13.8. The first-order valence-corrected chi connectivity index (χ1v) is 8.86. The van der Waals surface area contributed by atoms with Crippen LogP contribution in [-0.4, -0.2) is 12.6 Å². The minimum Gasteiger partial charge on any atom is -0.461 e. The molecule has 0 spiro atoms. The van der Waals surface area contributed by atoms with Gasteiger partial charge in [0, 0.05) is 0 Å². The van der Waals surface area contributed by atoms with Crippen molar-refractivity contribution in [2.75, 3.05) is 6.61 Å². The van der Waals surface area contributed by atoms with Crippen molar-refractivity contribution < 1.29 is 13.9 Å². The van der Waals surface area contributed by atoms with E-state index in [2.05, 4.69) is 37.7 Å². The summed E-state index contributed by atoms with van der Waals surface area (Å²) in [6.45, 7) is 8.58. The lowest BCUT2D eigenvalue weighted by Gasteiger charge is -2.32. The van der Waals surface area contributed by atoms with Crippen LogP contribution in [-0.2, 0) is 9.53 Å². The smallest absolute Gasteiger partial charge is 0.367 e. The van der Waals surface area contributed by atoms with Gasteiger partial charge in [0.15, 0.2) is 0 Å². The first-order chi connectivity index (χ1) is 11.8. The van der Waals surface area contributed by atoms with E-state index in [1.165, 1.54) is 30.1 Å². The molecule has 0 radical (unpaired) electrons. The number of ether oxygens (including phenoxy) is 1. The summed E-state index contributed by atoms with van der Waals surface area (Å²) >= 11 is 0. The van der Waals surface area contributed by atoms with Gasteiger partial charge in [-0.2, -0.15) is 4.39 Å². The second-order valence-corrected chi connectivity index (χ2v) is 7.15. The molecule has 0 aliphatic heterocycles. The lowest BCUT2D eigenvalue weighted by Crippen LogP contribution is -2.18. The van der Waals surface area contributed by atoms with Crippen molar-refractivity contribution in [3.63, 3.8) is 0 Å². The Bertz CT molecular complexity index is 723. The first kappa shape index (κ1) is 19.2. The summed E-state index contributed by atoms with van der Waals surface area (Å²) in [5.41, 5.74) is 4.63. The van der Waals surface area contributed by atoms with Crippen LogP contribution < -0.4 is 0 Å². The van der Waals surface area contributed by atoms with E-state index in [0.29, 0.717) is 5.56 Å². The van der Waals surface area contributed by atoms with Crippen molar-refractivity contribution in [3.8, 4) is 0 Å². The standard InChI is InChI=1S/C22H27FO2/c1-5-25-21(24)20(23)15-18-10-6-9-17(14-18)11-12-19-16(2)8-7-13-22(19,3)4/h6,9-12,14-15H,5,7-8,13H2,1-4H3. The fourth-order valence-corrected chi connectivity index (χ4v) is 3.35. The topological polar surface area (TPSA) is 26.3 Å². The molecule has 0 N–H and O–H groups in total. The summed E-state index contributed by atoms with van der Waals surface area (Å²) in [5, 5.41) is 0. The predicted octanol–water partition coefficient (Wildman–Crippen LogP) is 6.10. The molecule has 0 heterocycles. The fraction of sp³-hybridized carbons (Fsp3) is 0.409. The molecule has 134 valence electrons. The van der Waals surface area contributed by atoms with Crippen LogP contribution >= 0.6 is 0 Å². The van der Waals surface area contributed by atoms with Gasteiger partial charge >= 0.3 is 5.97 Å². The van der Waals surface area contributed by atoms with E-state index in [4.69, 9.17) is 0 Å². The molecule has 0 bridgehead atoms. The molecule has 0 aromatic heterocycles. The Balaban J connectivity index is 2.22. The van der Waals surface area contributed by atoms with Crippen LogP contribution in [0.2, 0.25) is 0 Å². The predicted molar refractivity (Wildman–Crippen MR) is 102 cm³/mol. The average molecular weight is 342 g/mol. The second kappa shape index (κ2) is 8.28. The van der Waals surface area contributed by atoms with E-state index < -0.39 is 11.8 Å². The highest BCUT2D eigenvalue weighted by Gasteiger charge is 2.26. The quantitative estimate of drug-likeness (QED) is 0.477. The Hall–Kier alpha value is -2.16. The van der Waals surface area contributed by atoms with Gasteiger partial charge in [-0.05, 0) is 67.4 Å². The summed E-state index contributed by atoms with van der Waals surface area (Å²) in [6.07, 6.45) is 9.03. The summed E-state index contributed by atoms with van der Waals surface area (Å²) in [4.78, 5) is 11.4. The van der Waals surface area contributed by atoms with Crippen molar-refractivity contribution in [1.82, 2.24) is 0 Å². The number of carbonyl (C=O) groups is 1. The third-order valence-corrected chi connectivity index (χ3v) is 4.66. The zero-order valence-electron chi connectivity index (χ0n) is 15.6. The van der Waals surface area contributed by atoms with Gasteiger partial charge < -0.3 is 4.74 Å². The molecule has 2 nitrogen and oxygen atoms in total. The molecule has 1 aliphatic carbocycles. The van der Waals surface area contributed by atoms with E-state index in [1.54, 1.807) is 13.0 Å². The van der Waals surface area contributed by atoms with Crippen LogP contribution in [0.1, 0.15) is 58.1 Å². The molecule has 25 heavy (non-hydrogen) atoms. The number of benzene rings is 1. The molecule has 1 aliphatic rings. The van der Waals surface area contributed by atoms with Crippen LogP contribution in [0, 0.1) is 5.41 Å². The molecule has 0 amide bonds. The average Bonchev–Trinajstić information content (AvgIpc) is 2.54. The molecule has 0 atom stereocenters. The zero-order chi connectivity index (χ0) is 18.4. The number of esters is 1. The van der Waals surface area contributed by atoms with E-state index in [0.717, 1.165) is 12.0 Å². The Morgan fingerprint density at radius 3 is 2.68 bits per heavy atom. The van der Waals surface area contributed by atoms with Crippen molar-refractivity contribution >= 4 is 18.1 Å². The van der Waals surface area contributed by atoms with E-state index in [1.807, 2.05) is 18.2 Å². The highest BCUT2D eigenvalue weighted by atomic mass is 19.1. The van der Waals surface area contributed by atoms with Gasteiger partial charge in [0.1, 0.15) is 0 Å². The Kier molecular flexibility index (Phi) is 6.35. The third-order valence-electron chi connectivity index (χ3n) is 4.66. The normalized spacial score (nSPS) is 17.9. The van der Waals surface area contributed by atoms with E-state index in [9.17, 15) is 9.18 Å². The molecule has 0 fully saturated rings. The minimum absolute atomic E-state index is 0.160. The number of halogens is 1. The van der Waals surface area contributed by atoms with Crippen LogP contribution in [0.5, 0.6) is 0 Å². The summed E-state index contributed by atoms with van der Waals surface area (Å²) in [5.74, 6) is -1.80. The maximum Gasteiger partial charge on any atom is 0.367 e. The Morgan fingerprint density at radius 1 is 1.28 bits per heavy atom. The zero-order valence-corrected chi connectivity index (χ0v) is 15.6. The van der Waals surface area contributed by atoms with Gasteiger partial charge in [0.2, 0.25) is 5.83 Å². The molecule has 0 unspecified atom stereocenters. The van der Waals surface area contributed by atoms with Crippen LogP contribution in [0.4, 0.5) is 4.39 Å². The van der Waals surface area contributed by atoms with Crippen molar-refractivity contribution in [1.29, 1.82) is 0 Å². The largest absolute Gasteiger partial charge is 0.461 e. The van der Waals surface area contributed by atoms with E-state index in [-0.39, 0.29) is 12.0 Å². The molecular weight excluding hydrogens is 315 g/mol. The Morgan fingerprint density at radius 2 is 2.00 bits per heavy atom. The number of rotatable bonds is 5. The second-order valence-electron chi connectivity index (χ2n) is 7.15. The molecule has 1 aromatic carbocycles. The van der Waals surface area contributed by atoms with Gasteiger partial charge in [-0.25, -0.2) is 4.79 Å². The van der Waals surface area contributed by atoms with Gasteiger partial charge in [-0.1, -0.05) is 49.8 Å². The number of hydrogen-bond donors (Lipinski definition) is 0. The number of carbonyl (C=O) groups excluding carboxylic acids is 1. The molecule has 1 aromatic rings. The third kappa shape index (κ3) is 5.15. The lowest BCUT2D eigenvalue weighted by atomic mass is 9.72. The Labute approximate surface area is 150 Å².